The molecule has 2 saturated heterocycles. The second-order valence-corrected chi connectivity index (χ2v) is 5.26. The van der Waals surface area contributed by atoms with Crippen molar-refractivity contribution in [2.45, 2.75) is 37.6 Å². The van der Waals surface area contributed by atoms with Crippen LogP contribution in [0.1, 0.15) is 25.0 Å². The fourth-order valence-electron chi connectivity index (χ4n) is 2.96. The molecular formula is C13H17F3N4. The summed E-state index contributed by atoms with van der Waals surface area (Å²) in [6, 6.07) is 4.49. The molecule has 0 unspecified atom stereocenters. The second kappa shape index (κ2) is 5.21. The number of nitrogens with one attached hydrogen (secondary N) is 2. The Hall–Kier alpha value is -1.34. The molecule has 1 aromatic heterocycles. The van der Waals surface area contributed by atoms with E-state index in [1.807, 2.05) is 0 Å². The van der Waals surface area contributed by atoms with Gasteiger partial charge in [-0.05, 0) is 37.9 Å². The zero-order chi connectivity index (χ0) is 14.2. The molecule has 0 spiro atoms. The van der Waals surface area contributed by atoms with Crippen LogP contribution in [0.15, 0.2) is 18.2 Å². The first-order valence-electron chi connectivity index (χ1n) is 6.81. The maximum atomic E-state index is 12.6. The van der Waals surface area contributed by atoms with Crippen molar-refractivity contribution in [2.75, 3.05) is 18.5 Å². The molecule has 2 aliphatic heterocycles. The SMILES string of the molecule is FC(F)(F)c1cccc(N[C@@H]2CC[C@H]3CCNCN32)n1. The average Bonchev–Trinajstić information content (AvgIpc) is 2.82. The number of fused-ring (bicyclic) bond motifs is 1. The van der Waals surface area contributed by atoms with Crippen molar-refractivity contribution in [1.29, 1.82) is 0 Å². The summed E-state index contributed by atoms with van der Waals surface area (Å²) in [5.41, 5.74) is -0.853. The van der Waals surface area contributed by atoms with Crippen molar-refractivity contribution in [2.24, 2.45) is 0 Å². The van der Waals surface area contributed by atoms with Gasteiger partial charge in [-0.25, -0.2) is 4.98 Å². The standard InChI is InChI=1S/C13H17F3N4/c14-13(15,16)10-2-1-3-11(18-10)19-12-5-4-9-6-7-17-8-20(9)12/h1-3,9,12,17H,4-8H2,(H,18,19)/t9-,12-/m0/s1. The number of rotatable bonds is 2. The van der Waals surface area contributed by atoms with E-state index < -0.39 is 11.9 Å². The van der Waals surface area contributed by atoms with Gasteiger partial charge < -0.3 is 10.6 Å². The fraction of sp³-hybridized carbons (Fsp3) is 0.615. The highest BCUT2D eigenvalue weighted by Crippen LogP contribution is 2.30. The lowest BCUT2D eigenvalue weighted by Crippen LogP contribution is -2.50. The van der Waals surface area contributed by atoms with E-state index >= 15 is 0 Å². The Bertz CT molecular complexity index is 477. The van der Waals surface area contributed by atoms with E-state index in [-0.39, 0.29) is 12.0 Å². The number of hydrogen-bond donors (Lipinski definition) is 2. The van der Waals surface area contributed by atoms with E-state index in [4.69, 9.17) is 0 Å². The Kier molecular flexibility index (Phi) is 3.55. The molecule has 3 heterocycles. The third-order valence-electron chi connectivity index (χ3n) is 3.95. The van der Waals surface area contributed by atoms with Crippen molar-refractivity contribution in [3.8, 4) is 0 Å². The van der Waals surface area contributed by atoms with Gasteiger partial charge in [0, 0.05) is 6.04 Å². The molecule has 4 nitrogen and oxygen atoms in total. The predicted octanol–water partition coefficient (Wildman–Crippen LogP) is 2.25. The van der Waals surface area contributed by atoms with Gasteiger partial charge in [-0.15, -0.1) is 0 Å². The molecule has 2 aliphatic rings. The highest BCUT2D eigenvalue weighted by molar-refractivity contribution is 5.37. The van der Waals surface area contributed by atoms with Gasteiger partial charge in [-0.2, -0.15) is 13.2 Å². The summed E-state index contributed by atoms with van der Waals surface area (Å²) in [5.74, 6) is 0.288. The Morgan fingerprint density at radius 1 is 1.25 bits per heavy atom. The molecule has 7 heteroatoms. The highest BCUT2D eigenvalue weighted by Gasteiger charge is 2.36. The zero-order valence-electron chi connectivity index (χ0n) is 11.0. The van der Waals surface area contributed by atoms with Crippen molar-refractivity contribution in [3.63, 3.8) is 0 Å². The van der Waals surface area contributed by atoms with Crippen LogP contribution in [0, 0.1) is 0 Å². The molecule has 0 aliphatic carbocycles. The summed E-state index contributed by atoms with van der Waals surface area (Å²) in [6.07, 6.45) is -1.23. The van der Waals surface area contributed by atoms with E-state index in [1.165, 1.54) is 6.07 Å². The van der Waals surface area contributed by atoms with E-state index in [2.05, 4.69) is 20.5 Å². The zero-order valence-corrected chi connectivity index (χ0v) is 11.0. The number of anilines is 1. The van der Waals surface area contributed by atoms with Crippen molar-refractivity contribution in [3.05, 3.63) is 23.9 Å². The minimum absolute atomic E-state index is 0.0591. The molecule has 0 radical (unpaired) electrons. The first kappa shape index (κ1) is 13.6. The van der Waals surface area contributed by atoms with Crippen molar-refractivity contribution >= 4 is 5.82 Å². The maximum absolute atomic E-state index is 12.6. The molecule has 1 aromatic rings. The Balaban J connectivity index is 1.72. The van der Waals surface area contributed by atoms with E-state index in [0.717, 1.165) is 38.5 Å². The molecule has 3 rings (SSSR count). The maximum Gasteiger partial charge on any atom is 0.433 e. The third kappa shape index (κ3) is 2.73. The van der Waals surface area contributed by atoms with Crippen LogP contribution in [0.4, 0.5) is 19.0 Å². The largest absolute Gasteiger partial charge is 0.433 e. The van der Waals surface area contributed by atoms with Crippen molar-refractivity contribution in [1.82, 2.24) is 15.2 Å². The van der Waals surface area contributed by atoms with Gasteiger partial charge in [-0.3, -0.25) is 4.90 Å². The van der Waals surface area contributed by atoms with E-state index in [0.29, 0.717) is 6.04 Å². The fourth-order valence-corrected chi connectivity index (χ4v) is 2.96. The Labute approximate surface area is 115 Å². The lowest BCUT2D eigenvalue weighted by molar-refractivity contribution is -0.141. The van der Waals surface area contributed by atoms with Crippen LogP contribution < -0.4 is 10.6 Å². The highest BCUT2D eigenvalue weighted by atomic mass is 19.4. The van der Waals surface area contributed by atoms with Crippen LogP contribution in [0.25, 0.3) is 0 Å². The predicted molar refractivity (Wildman–Crippen MR) is 69.0 cm³/mol. The molecular weight excluding hydrogens is 269 g/mol. The number of nitrogens with zero attached hydrogens (tertiary/aromatic N) is 2. The van der Waals surface area contributed by atoms with Crippen LogP contribution in [0.5, 0.6) is 0 Å². The first-order chi connectivity index (χ1) is 9.54. The van der Waals surface area contributed by atoms with Crippen LogP contribution >= 0.6 is 0 Å². The Morgan fingerprint density at radius 3 is 2.90 bits per heavy atom. The molecule has 0 aromatic carbocycles. The normalized spacial score (nSPS) is 27.4. The second-order valence-electron chi connectivity index (χ2n) is 5.26. The van der Waals surface area contributed by atoms with Gasteiger partial charge in [0.15, 0.2) is 0 Å². The topological polar surface area (TPSA) is 40.2 Å². The molecule has 2 atom stereocenters. The molecule has 20 heavy (non-hydrogen) atoms. The van der Waals surface area contributed by atoms with Gasteiger partial charge >= 0.3 is 6.18 Å². The van der Waals surface area contributed by atoms with Crippen LogP contribution in [0.2, 0.25) is 0 Å². The number of alkyl halides is 3. The summed E-state index contributed by atoms with van der Waals surface area (Å²) >= 11 is 0. The van der Waals surface area contributed by atoms with Gasteiger partial charge in [-0.1, -0.05) is 6.07 Å². The average molecular weight is 286 g/mol. The smallest absolute Gasteiger partial charge is 0.354 e. The number of aromatic nitrogens is 1. The summed E-state index contributed by atoms with van der Waals surface area (Å²) in [5, 5.41) is 6.42. The summed E-state index contributed by atoms with van der Waals surface area (Å²) in [7, 11) is 0. The molecule has 0 amide bonds. The van der Waals surface area contributed by atoms with E-state index in [9.17, 15) is 13.2 Å². The minimum Gasteiger partial charge on any atom is -0.354 e. The molecule has 0 bridgehead atoms. The van der Waals surface area contributed by atoms with Gasteiger partial charge in [0.2, 0.25) is 0 Å². The number of halogens is 3. The Morgan fingerprint density at radius 2 is 2.10 bits per heavy atom. The lowest BCUT2D eigenvalue weighted by atomic mass is 10.1. The van der Waals surface area contributed by atoms with Gasteiger partial charge in [0.25, 0.3) is 0 Å². The van der Waals surface area contributed by atoms with Crippen LogP contribution in [-0.2, 0) is 6.18 Å². The molecule has 2 N–H and O–H groups in total. The quantitative estimate of drug-likeness (QED) is 0.875. The van der Waals surface area contributed by atoms with Crippen molar-refractivity contribution < 1.29 is 13.2 Å². The number of hydrogen-bond acceptors (Lipinski definition) is 4. The van der Waals surface area contributed by atoms with E-state index in [1.54, 1.807) is 6.07 Å². The van der Waals surface area contributed by atoms with Crippen LogP contribution in [-0.4, -0.2) is 35.3 Å². The first-order valence-corrected chi connectivity index (χ1v) is 6.81. The summed E-state index contributed by atoms with van der Waals surface area (Å²) in [4.78, 5) is 5.93. The summed E-state index contributed by atoms with van der Waals surface area (Å²) < 4.78 is 37.9. The summed E-state index contributed by atoms with van der Waals surface area (Å²) in [6.45, 7) is 1.79. The molecule has 110 valence electrons. The van der Waals surface area contributed by atoms with Crippen LogP contribution in [0.3, 0.4) is 0 Å². The monoisotopic (exact) mass is 286 g/mol. The lowest BCUT2D eigenvalue weighted by Gasteiger charge is -2.34. The van der Waals surface area contributed by atoms with Gasteiger partial charge in [0.1, 0.15) is 11.5 Å². The molecule has 2 fully saturated rings. The minimum atomic E-state index is -4.40. The third-order valence-corrected chi connectivity index (χ3v) is 3.95. The van der Waals surface area contributed by atoms with Gasteiger partial charge in [0.05, 0.1) is 12.8 Å². The number of pyridine rings is 1. The molecule has 0 saturated carbocycles.